The first kappa shape index (κ1) is 21.1. The summed E-state index contributed by atoms with van der Waals surface area (Å²) in [5.41, 5.74) is 1.03. The summed E-state index contributed by atoms with van der Waals surface area (Å²) in [7, 11) is 0. The maximum absolute atomic E-state index is 12.5. The number of benzene rings is 1. The quantitative estimate of drug-likeness (QED) is 0.784. The van der Waals surface area contributed by atoms with Crippen LogP contribution in [0.5, 0.6) is 0 Å². The third kappa shape index (κ3) is 5.93. The summed E-state index contributed by atoms with van der Waals surface area (Å²) in [6.45, 7) is 8.04. The largest absolute Gasteiger partial charge is 0.351 e. The van der Waals surface area contributed by atoms with Crippen LogP contribution < -0.4 is 5.32 Å². The van der Waals surface area contributed by atoms with Crippen molar-refractivity contribution in [2.75, 3.05) is 45.8 Å². The molecule has 0 aromatic heterocycles. The lowest BCUT2D eigenvalue weighted by Gasteiger charge is -2.38. The van der Waals surface area contributed by atoms with Crippen LogP contribution in [0.3, 0.4) is 0 Å². The number of carbonyl (C=O) groups is 2. The number of nitrogens with zero attached hydrogens (tertiary/aromatic N) is 3. The van der Waals surface area contributed by atoms with Gasteiger partial charge in [-0.15, -0.1) is 0 Å². The molecule has 0 spiro atoms. The van der Waals surface area contributed by atoms with E-state index < -0.39 is 0 Å². The van der Waals surface area contributed by atoms with E-state index in [0.29, 0.717) is 18.1 Å². The fourth-order valence-corrected chi connectivity index (χ4v) is 3.97. The van der Waals surface area contributed by atoms with Gasteiger partial charge in [0.25, 0.3) is 0 Å². The SMILES string of the molecule is CC(C(=O)NCc1ccc(Cl)cc1)N1CCN(CC(=O)N2CCCCC2)CC1. The number of hydrogen-bond donors (Lipinski definition) is 1. The fraction of sp³-hybridized carbons (Fsp3) is 0.619. The van der Waals surface area contributed by atoms with Crippen molar-refractivity contribution in [3.63, 3.8) is 0 Å². The van der Waals surface area contributed by atoms with E-state index in [2.05, 4.69) is 15.1 Å². The molecule has 1 atom stereocenters. The molecular weight excluding hydrogens is 376 g/mol. The molecule has 1 aromatic rings. The van der Waals surface area contributed by atoms with Crippen LogP contribution >= 0.6 is 11.6 Å². The Labute approximate surface area is 172 Å². The number of halogens is 1. The number of amides is 2. The number of carbonyl (C=O) groups excluding carboxylic acids is 2. The average molecular weight is 407 g/mol. The molecule has 2 heterocycles. The van der Waals surface area contributed by atoms with Crippen molar-refractivity contribution in [3.8, 4) is 0 Å². The molecule has 3 rings (SSSR count). The van der Waals surface area contributed by atoms with Gasteiger partial charge in [-0.25, -0.2) is 0 Å². The molecule has 0 aliphatic carbocycles. The highest BCUT2D eigenvalue weighted by Gasteiger charge is 2.27. The lowest BCUT2D eigenvalue weighted by Crippen LogP contribution is -2.55. The van der Waals surface area contributed by atoms with Crippen LogP contribution in [0.25, 0.3) is 0 Å². The normalized spacial score (nSPS) is 20.0. The Morgan fingerprint density at radius 2 is 1.64 bits per heavy atom. The van der Waals surface area contributed by atoms with Gasteiger partial charge in [-0.05, 0) is 43.9 Å². The van der Waals surface area contributed by atoms with E-state index in [9.17, 15) is 9.59 Å². The molecule has 2 fully saturated rings. The van der Waals surface area contributed by atoms with Crippen molar-refractivity contribution in [2.24, 2.45) is 0 Å². The second-order valence-corrected chi connectivity index (χ2v) is 8.21. The number of hydrogen-bond acceptors (Lipinski definition) is 4. The molecule has 1 aromatic carbocycles. The minimum absolute atomic E-state index is 0.0350. The third-order valence-corrected chi connectivity index (χ3v) is 6.03. The van der Waals surface area contributed by atoms with E-state index in [1.54, 1.807) is 0 Å². The van der Waals surface area contributed by atoms with Gasteiger partial charge in [0, 0.05) is 50.8 Å². The van der Waals surface area contributed by atoms with Gasteiger partial charge in [0.2, 0.25) is 11.8 Å². The van der Waals surface area contributed by atoms with Gasteiger partial charge >= 0.3 is 0 Å². The molecule has 1 N–H and O–H groups in total. The molecule has 6 nitrogen and oxygen atoms in total. The van der Waals surface area contributed by atoms with Crippen molar-refractivity contribution in [1.82, 2.24) is 20.0 Å². The summed E-state index contributed by atoms with van der Waals surface area (Å²) < 4.78 is 0. The average Bonchev–Trinajstić information content (AvgIpc) is 2.73. The Bertz CT molecular complexity index is 653. The number of nitrogens with one attached hydrogen (secondary N) is 1. The van der Waals surface area contributed by atoms with Crippen LogP contribution in [0.4, 0.5) is 0 Å². The Morgan fingerprint density at radius 1 is 1.00 bits per heavy atom. The van der Waals surface area contributed by atoms with E-state index in [0.717, 1.165) is 57.7 Å². The van der Waals surface area contributed by atoms with Crippen molar-refractivity contribution in [1.29, 1.82) is 0 Å². The van der Waals surface area contributed by atoms with Gasteiger partial charge in [-0.1, -0.05) is 23.7 Å². The lowest BCUT2D eigenvalue weighted by molar-refractivity contribution is -0.134. The summed E-state index contributed by atoms with van der Waals surface area (Å²) in [6.07, 6.45) is 3.49. The second kappa shape index (κ2) is 10.2. The van der Waals surface area contributed by atoms with Crippen molar-refractivity contribution in [3.05, 3.63) is 34.9 Å². The second-order valence-electron chi connectivity index (χ2n) is 7.77. The molecule has 2 amide bonds. The van der Waals surface area contributed by atoms with Crippen LogP contribution in [-0.2, 0) is 16.1 Å². The smallest absolute Gasteiger partial charge is 0.237 e. The summed E-state index contributed by atoms with van der Waals surface area (Å²) in [6, 6.07) is 7.33. The van der Waals surface area contributed by atoms with Crippen molar-refractivity contribution >= 4 is 23.4 Å². The fourth-order valence-electron chi connectivity index (χ4n) is 3.85. The number of piperidine rings is 1. The van der Waals surface area contributed by atoms with E-state index >= 15 is 0 Å². The maximum atomic E-state index is 12.5. The maximum Gasteiger partial charge on any atom is 0.237 e. The standard InChI is InChI=1S/C21H31ClN4O2/c1-17(21(28)23-15-18-5-7-19(22)8-6-18)25-13-11-24(12-14-25)16-20(27)26-9-3-2-4-10-26/h5-8,17H,2-4,9-16H2,1H3,(H,23,28). The molecular formula is C21H31ClN4O2. The van der Waals surface area contributed by atoms with Crippen LogP contribution in [0.1, 0.15) is 31.7 Å². The van der Waals surface area contributed by atoms with E-state index in [-0.39, 0.29) is 17.9 Å². The van der Waals surface area contributed by atoms with Crippen LogP contribution in [0.2, 0.25) is 5.02 Å². The summed E-state index contributed by atoms with van der Waals surface area (Å²) in [4.78, 5) is 31.3. The third-order valence-electron chi connectivity index (χ3n) is 5.78. The van der Waals surface area contributed by atoms with E-state index in [1.165, 1.54) is 6.42 Å². The Balaban J connectivity index is 1.39. The highest BCUT2D eigenvalue weighted by atomic mass is 35.5. The van der Waals surface area contributed by atoms with E-state index in [4.69, 9.17) is 11.6 Å². The van der Waals surface area contributed by atoms with Gasteiger partial charge in [0.1, 0.15) is 0 Å². The van der Waals surface area contributed by atoms with Crippen LogP contribution in [0, 0.1) is 0 Å². The van der Waals surface area contributed by atoms with Gasteiger partial charge in [-0.3, -0.25) is 19.4 Å². The molecule has 154 valence electrons. The topological polar surface area (TPSA) is 55.9 Å². The predicted octanol–water partition coefficient (Wildman–Crippen LogP) is 1.97. The highest BCUT2D eigenvalue weighted by molar-refractivity contribution is 6.30. The van der Waals surface area contributed by atoms with Gasteiger partial charge in [0.15, 0.2) is 0 Å². The zero-order valence-electron chi connectivity index (χ0n) is 16.7. The predicted molar refractivity (Wildman–Crippen MR) is 111 cm³/mol. The van der Waals surface area contributed by atoms with Gasteiger partial charge < -0.3 is 10.2 Å². The first-order chi connectivity index (χ1) is 13.5. The number of rotatable bonds is 6. The van der Waals surface area contributed by atoms with Crippen LogP contribution in [-0.4, -0.2) is 78.4 Å². The van der Waals surface area contributed by atoms with Crippen molar-refractivity contribution < 1.29 is 9.59 Å². The zero-order chi connectivity index (χ0) is 19.9. The minimum Gasteiger partial charge on any atom is -0.351 e. The lowest BCUT2D eigenvalue weighted by atomic mass is 10.1. The molecule has 7 heteroatoms. The van der Waals surface area contributed by atoms with Gasteiger partial charge in [0.05, 0.1) is 12.6 Å². The molecule has 0 radical (unpaired) electrons. The monoisotopic (exact) mass is 406 g/mol. The zero-order valence-corrected chi connectivity index (χ0v) is 17.5. The molecule has 0 bridgehead atoms. The molecule has 2 aliphatic rings. The summed E-state index contributed by atoms with van der Waals surface area (Å²) in [5.74, 6) is 0.287. The number of piperazine rings is 1. The van der Waals surface area contributed by atoms with Crippen LogP contribution in [0.15, 0.2) is 24.3 Å². The Morgan fingerprint density at radius 3 is 2.29 bits per heavy atom. The molecule has 0 saturated carbocycles. The first-order valence-electron chi connectivity index (χ1n) is 10.3. The Hall–Kier alpha value is -1.63. The summed E-state index contributed by atoms with van der Waals surface area (Å²) in [5, 5.41) is 3.70. The summed E-state index contributed by atoms with van der Waals surface area (Å²) >= 11 is 5.89. The molecule has 1 unspecified atom stereocenters. The number of likely N-dealkylation sites (tertiary alicyclic amines) is 1. The highest BCUT2D eigenvalue weighted by Crippen LogP contribution is 2.12. The molecule has 2 aliphatic heterocycles. The molecule has 28 heavy (non-hydrogen) atoms. The minimum atomic E-state index is -0.174. The van der Waals surface area contributed by atoms with Crippen molar-refractivity contribution in [2.45, 2.75) is 38.8 Å². The first-order valence-corrected chi connectivity index (χ1v) is 10.7. The Kier molecular flexibility index (Phi) is 7.71. The molecule has 2 saturated heterocycles. The van der Waals surface area contributed by atoms with Gasteiger partial charge in [-0.2, -0.15) is 0 Å². The van der Waals surface area contributed by atoms with E-state index in [1.807, 2.05) is 36.1 Å².